The highest BCUT2D eigenvalue weighted by molar-refractivity contribution is 7.99. The molecule has 2 amide bonds. The Morgan fingerprint density at radius 3 is 2.43 bits per heavy atom. The Labute approximate surface area is 201 Å². The number of amides is 2. The fourth-order valence-electron chi connectivity index (χ4n) is 4.29. The molecule has 6 nitrogen and oxygen atoms in total. The minimum atomic E-state index is -4.76. The second kappa shape index (κ2) is 9.75. The van der Waals surface area contributed by atoms with Crippen molar-refractivity contribution < 1.29 is 35.9 Å². The monoisotopic (exact) mass is 520 g/mol. The van der Waals surface area contributed by atoms with E-state index < -0.39 is 47.2 Å². The van der Waals surface area contributed by atoms with Crippen molar-refractivity contribution in [3.05, 3.63) is 52.4 Å². The molecular weight excluding hydrogens is 498 g/mol. The molecule has 0 N–H and O–H groups in total. The lowest BCUT2D eigenvalue weighted by Gasteiger charge is -2.30. The molecule has 0 radical (unpaired) electrons. The van der Waals surface area contributed by atoms with Gasteiger partial charge in [0, 0.05) is 37.9 Å². The lowest BCUT2D eigenvalue weighted by Crippen LogP contribution is -2.40. The highest BCUT2D eigenvalue weighted by Crippen LogP contribution is 2.33. The number of hydrogen-bond donors (Lipinski definition) is 0. The van der Waals surface area contributed by atoms with Crippen LogP contribution < -0.4 is 0 Å². The van der Waals surface area contributed by atoms with E-state index in [1.807, 2.05) is 0 Å². The summed E-state index contributed by atoms with van der Waals surface area (Å²) in [5, 5.41) is 0. The molecule has 4 rings (SSSR count). The van der Waals surface area contributed by atoms with Gasteiger partial charge in [-0.15, -0.1) is 11.8 Å². The van der Waals surface area contributed by atoms with Gasteiger partial charge in [-0.3, -0.25) is 9.59 Å². The number of carbonyl (C=O) groups is 2. The third-order valence-corrected chi connectivity index (χ3v) is 7.00. The lowest BCUT2D eigenvalue weighted by molar-refractivity contribution is -0.148. The van der Waals surface area contributed by atoms with Crippen LogP contribution in [-0.2, 0) is 30.5 Å². The Bertz CT molecular complexity index is 1150. The van der Waals surface area contributed by atoms with Crippen LogP contribution in [0.15, 0.2) is 12.1 Å². The van der Waals surface area contributed by atoms with Crippen LogP contribution in [0.2, 0.25) is 0 Å². The number of halogens is 6. The van der Waals surface area contributed by atoms with Crippen LogP contribution in [0.3, 0.4) is 0 Å². The number of imidazole rings is 1. The number of rotatable bonds is 5. The van der Waals surface area contributed by atoms with Crippen LogP contribution in [0.4, 0.5) is 26.3 Å². The lowest BCUT2D eigenvalue weighted by atomic mass is 9.96. The average molecular weight is 520 g/mol. The fraction of sp³-hybridized carbons (Fsp3) is 0.500. The van der Waals surface area contributed by atoms with Gasteiger partial charge in [0.1, 0.15) is 5.82 Å². The zero-order chi connectivity index (χ0) is 25.5. The summed E-state index contributed by atoms with van der Waals surface area (Å²) in [5.41, 5.74) is -0.362. The molecule has 1 fully saturated rings. The average Bonchev–Trinajstić information content (AvgIpc) is 3.44. The molecule has 35 heavy (non-hydrogen) atoms. The van der Waals surface area contributed by atoms with Gasteiger partial charge in [-0.25, -0.2) is 18.2 Å². The summed E-state index contributed by atoms with van der Waals surface area (Å²) in [6.07, 6.45) is -4.89. The van der Waals surface area contributed by atoms with Crippen LogP contribution in [0.5, 0.6) is 0 Å². The molecule has 0 spiro atoms. The second-order valence-electron chi connectivity index (χ2n) is 8.67. The van der Waals surface area contributed by atoms with Gasteiger partial charge in [0.25, 0.3) is 5.91 Å². The Balaban J connectivity index is 1.51. The van der Waals surface area contributed by atoms with Crippen LogP contribution in [-0.4, -0.2) is 55.9 Å². The van der Waals surface area contributed by atoms with Crippen molar-refractivity contribution in [3.63, 3.8) is 0 Å². The molecule has 1 aromatic heterocycles. The summed E-state index contributed by atoms with van der Waals surface area (Å²) in [6, 6.07) is 1.19. The molecule has 0 saturated carbocycles. The summed E-state index contributed by atoms with van der Waals surface area (Å²) < 4.78 is 82.2. The van der Waals surface area contributed by atoms with Crippen molar-refractivity contribution in [1.29, 1.82) is 0 Å². The van der Waals surface area contributed by atoms with Gasteiger partial charge in [-0.05, 0) is 24.0 Å². The van der Waals surface area contributed by atoms with Crippen molar-refractivity contribution in [2.24, 2.45) is 5.92 Å². The predicted octanol–water partition coefficient (Wildman–Crippen LogP) is 4.08. The third-order valence-electron chi connectivity index (χ3n) is 6.04. The van der Waals surface area contributed by atoms with E-state index in [9.17, 15) is 35.9 Å². The zero-order valence-electron chi connectivity index (χ0n) is 18.7. The Morgan fingerprint density at radius 2 is 1.77 bits per heavy atom. The molecule has 2 aliphatic heterocycles. The van der Waals surface area contributed by atoms with Crippen LogP contribution in [0.25, 0.3) is 0 Å². The molecule has 2 aromatic rings. The van der Waals surface area contributed by atoms with E-state index in [2.05, 4.69) is 4.98 Å². The maximum atomic E-state index is 14.0. The second-order valence-corrected chi connectivity index (χ2v) is 9.75. The molecule has 190 valence electrons. The first-order valence-corrected chi connectivity index (χ1v) is 12.1. The first-order valence-electron chi connectivity index (χ1n) is 10.9. The number of alkyl halides is 3. The molecule has 1 aromatic carbocycles. The van der Waals surface area contributed by atoms with Crippen molar-refractivity contribution in [3.8, 4) is 0 Å². The van der Waals surface area contributed by atoms with Gasteiger partial charge < -0.3 is 14.4 Å². The van der Waals surface area contributed by atoms with Crippen LogP contribution >= 0.6 is 11.8 Å². The van der Waals surface area contributed by atoms with Crippen molar-refractivity contribution in [2.45, 2.75) is 39.0 Å². The quantitative estimate of drug-likeness (QED) is 0.441. The van der Waals surface area contributed by atoms with Gasteiger partial charge in [-0.1, -0.05) is 6.92 Å². The molecule has 1 saturated heterocycles. The van der Waals surface area contributed by atoms with E-state index in [0.717, 1.165) is 10.6 Å². The molecular formula is C22H22F6N4O2S. The largest absolute Gasteiger partial charge is 0.449 e. The summed E-state index contributed by atoms with van der Waals surface area (Å²) in [6.45, 7) is 1.60. The molecule has 0 bridgehead atoms. The Hall–Kier alpha value is -2.70. The van der Waals surface area contributed by atoms with E-state index in [4.69, 9.17) is 0 Å². The van der Waals surface area contributed by atoms with E-state index in [1.165, 1.54) is 21.6 Å². The SMILES string of the molecule is CC(CC(=O)N1CCn2c(C(F)(F)F)nc(C(=O)N3CCSC3)c2C1)Cc1cc(F)c(F)cc1F. The smallest absolute Gasteiger partial charge is 0.335 e. The van der Waals surface area contributed by atoms with Crippen molar-refractivity contribution >= 4 is 23.6 Å². The van der Waals surface area contributed by atoms with Gasteiger partial charge in [0.2, 0.25) is 11.7 Å². The van der Waals surface area contributed by atoms with Crippen LogP contribution in [0.1, 0.15) is 40.9 Å². The number of hydrogen-bond acceptors (Lipinski definition) is 4. The van der Waals surface area contributed by atoms with E-state index >= 15 is 0 Å². The molecule has 13 heteroatoms. The summed E-state index contributed by atoms with van der Waals surface area (Å²) in [7, 11) is 0. The normalized spacial score (nSPS) is 17.0. The molecule has 0 aliphatic carbocycles. The van der Waals surface area contributed by atoms with Crippen LogP contribution in [0, 0.1) is 23.4 Å². The number of fused-ring (bicyclic) bond motifs is 1. The maximum absolute atomic E-state index is 14.0. The number of benzene rings is 1. The summed E-state index contributed by atoms with van der Waals surface area (Å²) in [5.74, 6) is -5.04. The van der Waals surface area contributed by atoms with Crippen molar-refractivity contribution in [1.82, 2.24) is 19.4 Å². The Kier molecular flexibility index (Phi) is 7.07. The van der Waals surface area contributed by atoms with Gasteiger partial charge in [-0.2, -0.15) is 13.2 Å². The number of nitrogens with zero attached hydrogens (tertiary/aromatic N) is 4. The van der Waals surface area contributed by atoms with Gasteiger partial charge >= 0.3 is 6.18 Å². The van der Waals surface area contributed by atoms with E-state index in [-0.39, 0.29) is 49.4 Å². The van der Waals surface area contributed by atoms with E-state index in [0.29, 0.717) is 24.2 Å². The Morgan fingerprint density at radius 1 is 1.06 bits per heavy atom. The number of thioether (sulfide) groups is 1. The predicted molar refractivity (Wildman–Crippen MR) is 115 cm³/mol. The minimum Gasteiger partial charge on any atom is -0.335 e. The summed E-state index contributed by atoms with van der Waals surface area (Å²) >= 11 is 1.48. The topological polar surface area (TPSA) is 58.4 Å². The molecule has 2 aliphatic rings. The molecule has 1 atom stereocenters. The number of aromatic nitrogens is 2. The number of carbonyl (C=O) groups excluding carboxylic acids is 2. The molecule has 1 unspecified atom stereocenters. The highest BCUT2D eigenvalue weighted by atomic mass is 32.2. The minimum absolute atomic E-state index is 0.0231. The zero-order valence-corrected chi connectivity index (χ0v) is 19.5. The highest BCUT2D eigenvalue weighted by Gasteiger charge is 2.42. The third kappa shape index (κ3) is 5.29. The molecule has 3 heterocycles. The standard InChI is InChI=1S/C22H22F6N4O2S/c1-12(6-13-8-15(24)16(25)9-14(13)23)7-18(33)30-2-3-32-17(10-30)19(29-21(32)22(26,27)28)20(34)31-4-5-35-11-31/h8-9,12H,2-7,10-11H2,1H3. The van der Waals surface area contributed by atoms with E-state index in [1.54, 1.807) is 6.92 Å². The summed E-state index contributed by atoms with van der Waals surface area (Å²) in [4.78, 5) is 32.2. The van der Waals surface area contributed by atoms with Crippen molar-refractivity contribution in [2.75, 3.05) is 24.7 Å². The fourth-order valence-corrected chi connectivity index (χ4v) is 5.23. The maximum Gasteiger partial charge on any atom is 0.449 e. The first kappa shape index (κ1) is 25.4. The van der Waals surface area contributed by atoms with Gasteiger partial charge in [0.05, 0.1) is 18.1 Å². The first-order chi connectivity index (χ1) is 16.5. The van der Waals surface area contributed by atoms with Gasteiger partial charge in [0.15, 0.2) is 17.3 Å².